The Balaban J connectivity index is 2.28. The van der Waals surface area contributed by atoms with Gasteiger partial charge in [-0.25, -0.2) is 9.78 Å². The fraction of sp³-hybridized carbons (Fsp3) is 0.286. The number of urea groups is 1. The van der Waals surface area contributed by atoms with Crippen molar-refractivity contribution in [1.82, 2.24) is 15.3 Å². The van der Waals surface area contributed by atoms with Crippen LogP contribution in [0.2, 0.25) is 0 Å². The van der Waals surface area contributed by atoms with E-state index < -0.39 is 12.1 Å². The van der Waals surface area contributed by atoms with Crippen molar-refractivity contribution in [3.63, 3.8) is 0 Å². The Morgan fingerprint density at radius 1 is 1.57 bits per heavy atom. The van der Waals surface area contributed by atoms with E-state index in [0.717, 1.165) is 0 Å². The maximum atomic E-state index is 12.5. The van der Waals surface area contributed by atoms with E-state index >= 15 is 0 Å². The van der Waals surface area contributed by atoms with Crippen LogP contribution in [0.3, 0.4) is 0 Å². The van der Waals surface area contributed by atoms with E-state index in [2.05, 4.69) is 20.6 Å². The Morgan fingerprint density at radius 2 is 2.36 bits per heavy atom. The number of nitrogens with two attached hydrogens (primary N) is 1. The van der Waals surface area contributed by atoms with Gasteiger partial charge in [-0.05, 0) is 6.07 Å². The number of aromatic nitrogens is 2. The van der Waals surface area contributed by atoms with Gasteiger partial charge in [-0.3, -0.25) is 0 Å². The highest BCUT2D eigenvalue weighted by atomic mass is 19.1. The first-order valence-electron chi connectivity index (χ1n) is 3.94. The highest BCUT2D eigenvalue weighted by molar-refractivity contribution is 5.71. The Bertz CT molecular complexity index is 319. The number of nitrogens with zero attached hydrogens (tertiary/aromatic N) is 2. The minimum atomic E-state index is -0.794. The molecule has 0 aliphatic rings. The third kappa shape index (κ3) is 3.65. The summed E-state index contributed by atoms with van der Waals surface area (Å²) in [6, 6.07) is 0.925. The first-order valence-corrected chi connectivity index (χ1v) is 3.94. The number of hydrogen-bond donors (Lipinski definition) is 3. The molecule has 14 heavy (non-hydrogen) atoms. The van der Waals surface area contributed by atoms with E-state index in [0.29, 0.717) is 18.9 Å². The maximum Gasteiger partial charge on any atom is 0.312 e. The van der Waals surface area contributed by atoms with E-state index in [4.69, 9.17) is 5.73 Å². The number of anilines is 1. The summed E-state index contributed by atoms with van der Waals surface area (Å²) in [4.78, 5) is 17.0. The molecular weight excluding hydrogens is 189 g/mol. The quantitative estimate of drug-likeness (QED) is 0.458. The molecule has 0 spiro atoms. The lowest BCUT2D eigenvalue weighted by atomic mass is 10.5. The lowest BCUT2D eigenvalue weighted by Gasteiger charge is -2.04. The normalized spacial score (nSPS) is 9.50. The van der Waals surface area contributed by atoms with Crippen molar-refractivity contribution in [3.8, 4) is 0 Å². The van der Waals surface area contributed by atoms with Gasteiger partial charge in [0.15, 0.2) is 0 Å². The molecule has 1 heterocycles. The second kappa shape index (κ2) is 4.95. The van der Waals surface area contributed by atoms with Crippen LogP contribution in [0.15, 0.2) is 12.3 Å². The molecule has 0 unspecified atom stereocenters. The number of amides is 2. The van der Waals surface area contributed by atoms with Gasteiger partial charge in [0.25, 0.3) is 0 Å². The van der Waals surface area contributed by atoms with Crippen LogP contribution in [0.4, 0.5) is 15.0 Å². The number of rotatable bonds is 4. The summed E-state index contributed by atoms with van der Waals surface area (Å²) >= 11 is 0. The number of halogens is 1. The van der Waals surface area contributed by atoms with Crippen LogP contribution in [-0.2, 0) is 0 Å². The number of nitrogens with one attached hydrogen (secondary N) is 2. The molecule has 0 aliphatic carbocycles. The molecule has 2 amide bonds. The van der Waals surface area contributed by atoms with Gasteiger partial charge in [0.1, 0.15) is 5.82 Å². The van der Waals surface area contributed by atoms with E-state index in [9.17, 15) is 9.18 Å². The molecule has 0 aliphatic heterocycles. The molecule has 0 saturated heterocycles. The zero-order chi connectivity index (χ0) is 10.4. The number of primary amides is 1. The van der Waals surface area contributed by atoms with Gasteiger partial charge in [0.05, 0.1) is 0 Å². The molecule has 0 atom stereocenters. The molecule has 76 valence electrons. The summed E-state index contributed by atoms with van der Waals surface area (Å²) in [7, 11) is 0. The van der Waals surface area contributed by atoms with Gasteiger partial charge >= 0.3 is 12.1 Å². The Labute approximate surface area is 79.7 Å². The monoisotopic (exact) mass is 199 g/mol. The zero-order valence-electron chi connectivity index (χ0n) is 7.33. The second-order valence-electron chi connectivity index (χ2n) is 2.43. The summed E-state index contributed by atoms with van der Waals surface area (Å²) in [6.07, 6.45) is 0.504. The van der Waals surface area contributed by atoms with Crippen LogP contribution in [0, 0.1) is 6.08 Å². The molecule has 7 heteroatoms. The van der Waals surface area contributed by atoms with Crippen molar-refractivity contribution in [2.45, 2.75) is 0 Å². The van der Waals surface area contributed by atoms with Crippen LogP contribution < -0.4 is 16.4 Å². The summed E-state index contributed by atoms with van der Waals surface area (Å²) in [5.74, 6) is 0.365. The zero-order valence-corrected chi connectivity index (χ0v) is 7.33. The fourth-order valence-corrected chi connectivity index (χ4v) is 0.810. The standard InChI is InChI=1S/C7H10FN5O/c8-6-11-2-1-5(13-6)10-3-4-12-7(9)14/h1-2H,3-4H2,(H3,9,12,14)(H,10,11,13). The average molecular weight is 199 g/mol. The van der Waals surface area contributed by atoms with E-state index in [1.807, 2.05) is 0 Å². The molecule has 1 rings (SSSR count). The summed E-state index contributed by atoms with van der Waals surface area (Å²) in [6.45, 7) is 0.764. The smallest absolute Gasteiger partial charge is 0.312 e. The number of carbonyl (C=O) groups excluding carboxylic acids is 1. The maximum absolute atomic E-state index is 12.5. The average Bonchev–Trinajstić information content (AvgIpc) is 2.12. The van der Waals surface area contributed by atoms with Crippen LogP contribution in [0.1, 0.15) is 0 Å². The van der Waals surface area contributed by atoms with Crippen LogP contribution in [0.5, 0.6) is 0 Å². The van der Waals surface area contributed by atoms with Crippen molar-refractivity contribution in [1.29, 1.82) is 0 Å². The highest BCUT2D eigenvalue weighted by Crippen LogP contribution is 1.98. The lowest BCUT2D eigenvalue weighted by molar-refractivity contribution is 0.249. The fourth-order valence-electron chi connectivity index (χ4n) is 0.810. The molecular formula is C7H10FN5O. The van der Waals surface area contributed by atoms with Gasteiger partial charge in [-0.15, -0.1) is 0 Å². The molecule has 0 radical (unpaired) electrons. The predicted molar refractivity (Wildman–Crippen MR) is 48.1 cm³/mol. The van der Waals surface area contributed by atoms with Gasteiger partial charge in [0, 0.05) is 19.3 Å². The molecule has 0 bridgehead atoms. The summed E-state index contributed by atoms with van der Waals surface area (Å²) in [5.41, 5.74) is 4.83. The minimum Gasteiger partial charge on any atom is -0.368 e. The van der Waals surface area contributed by atoms with Crippen molar-refractivity contribution >= 4 is 11.8 Å². The van der Waals surface area contributed by atoms with Gasteiger partial charge in [-0.2, -0.15) is 9.37 Å². The first kappa shape index (κ1) is 10.2. The SMILES string of the molecule is NC(=O)NCCNc1ccnc(F)n1. The van der Waals surface area contributed by atoms with Crippen LogP contribution in [0.25, 0.3) is 0 Å². The molecule has 0 saturated carbocycles. The van der Waals surface area contributed by atoms with Gasteiger partial charge < -0.3 is 16.4 Å². The third-order valence-corrected chi connectivity index (χ3v) is 1.36. The molecule has 4 N–H and O–H groups in total. The van der Waals surface area contributed by atoms with Crippen molar-refractivity contribution in [2.24, 2.45) is 5.73 Å². The number of carbonyl (C=O) groups is 1. The first-order chi connectivity index (χ1) is 6.68. The number of hydrogen-bond acceptors (Lipinski definition) is 4. The lowest BCUT2D eigenvalue weighted by Crippen LogP contribution is -2.33. The van der Waals surface area contributed by atoms with Crippen LogP contribution in [-0.4, -0.2) is 29.1 Å². The third-order valence-electron chi connectivity index (χ3n) is 1.36. The van der Waals surface area contributed by atoms with Crippen LogP contribution >= 0.6 is 0 Å². The minimum absolute atomic E-state index is 0.348. The molecule has 0 aromatic carbocycles. The van der Waals surface area contributed by atoms with Crippen molar-refractivity contribution in [2.75, 3.05) is 18.4 Å². The van der Waals surface area contributed by atoms with E-state index in [1.165, 1.54) is 12.3 Å². The molecule has 6 nitrogen and oxygen atoms in total. The van der Waals surface area contributed by atoms with Crippen molar-refractivity contribution in [3.05, 3.63) is 18.3 Å². The second-order valence-corrected chi connectivity index (χ2v) is 2.43. The predicted octanol–water partition coefficient (Wildman–Crippen LogP) is -0.304. The van der Waals surface area contributed by atoms with Crippen molar-refractivity contribution < 1.29 is 9.18 Å². The molecule has 1 aromatic heterocycles. The Kier molecular flexibility index (Phi) is 3.59. The van der Waals surface area contributed by atoms with Gasteiger partial charge in [0.2, 0.25) is 0 Å². The highest BCUT2D eigenvalue weighted by Gasteiger charge is 1.96. The summed E-state index contributed by atoms with van der Waals surface area (Å²) < 4.78 is 12.5. The van der Waals surface area contributed by atoms with E-state index in [-0.39, 0.29) is 0 Å². The molecule has 1 aromatic rings. The Hall–Kier alpha value is -1.92. The summed E-state index contributed by atoms with van der Waals surface area (Å²) in [5, 5.41) is 5.15. The molecule has 0 fully saturated rings. The largest absolute Gasteiger partial charge is 0.368 e. The van der Waals surface area contributed by atoms with Gasteiger partial charge in [-0.1, -0.05) is 0 Å². The Morgan fingerprint density at radius 3 is 3.00 bits per heavy atom. The topological polar surface area (TPSA) is 92.9 Å². The van der Waals surface area contributed by atoms with E-state index in [1.54, 1.807) is 0 Å².